The van der Waals surface area contributed by atoms with Crippen LogP contribution in [-0.2, 0) is 16.1 Å². The molecule has 5 heteroatoms. The lowest BCUT2D eigenvalue weighted by Gasteiger charge is -2.30. The summed E-state index contributed by atoms with van der Waals surface area (Å²) < 4.78 is 0. The molecule has 29 heavy (non-hydrogen) atoms. The first-order valence-electron chi connectivity index (χ1n) is 10.1. The molecule has 1 saturated carbocycles. The molecule has 1 fully saturated rings. The topological polar surface area (TPSA) is 66.5 Å². The zero-order valence-electron chi connectivity index (χ0n) is 17.1. The molecule has 2 aromatic carbocycles. The van der Waals surface area contributed by atoms with Gasteiger partial charge in [-0.05, 0) is 50.3 Å². The van der Waals surface area contributed by atoms with E-state index < -0.39 is 0 Å². The molecule has 0 radical (unpaired) electrons. The van der Waals surface area contributed by atoms with E-state index in [0.29, 0.717) is 30.6 Å². The van der Waals surface area contributed by atoms with Gasteiger partial charge in [-0.15, -0.1) is 0 Å². The van der Waals surface area contributed by atoms with Gasteiger partial charge < -0.3 is 10.2 Å². The maximum atomic E-state index is 12.8. The number of rotatable bonds is 6. The lowest BCUT2D eigenvalue weighted by molar-refractivity contribution is -0.137. The van der Waals surface area contributed by atoms with Gasteiger partial charge in [0.15, 0.2) is 5.78 Å². The summed E-state index contributed by atoms with van der Waals surface area (Å²) in [4.78, 5) is 38.7. The van der Waals surface area contributed by atoms with Crippen LogP contribution in [0.4, 0.5) is 5.69 Å². The fraction of sp³-hybridized carbons (Fsp3) is 0.375. The number of amides is 2. The van der Waals surface area contributed by atoms with Crippen molar-refractivity contribution in [1.82, 2.24) is 4.90 Å². The number of hydrogen-bond donors (Lipinski definition) is 1. The van der Waals surface area contributed by atoms with Crippen LogP contribution in [0, 0.1) is 11.8 Å². The molecule has 0 atom stereocenters. The Kier molecular flexibility index (Phi) is 6.81. The van der Waals surface area contributed by atoms with E-state index in [2.05, 4.69) is 5.32 Å². The van der Waals surface area contributed by atoms with Crippen molar-refractivity contribution in [3.63, 3.8) is 0 Å². The molecule has 3 rings (SSSR count). The van der Waals surface area contributed by atoms with E-state index in [9.17, 15) is 14.4 Å². The van der Waals surface area contributed by atoms with Gasteiger partial charge in [-0.2, -0.15) is 0 Å². The minimum absolute atomic E-state index is 0.0196. The van der Waals surface area contributed by atoms with Gasteiger partial charge in [0.2, 0.25) is 11.8 Å². The summed E-state index contributed by atoms with van der Waals surface area (Å²) in [7, 11) is 1.84. The number of carbonyl (C=O) groups is 3. The fourth-order valence-electron chi connectivity index (χ4n) is 3.91. The van der Waals surface area contributed by atoms with Crippen LogP contribution in [0.3, 0.4) is 0 Å². The predicted molar refractivity (Wildman–Crippen MR) is 113 cm³/mol. The highest BCUT2D eigenvalue weighted by Crippen LogP contribution is 2.31. The summed E-state index contributed by atoms with van der Waals surface area (Å²) in [5.41, 5.74) is 2.34. The standard InChI is InChI=1S/C24H28N2O3/c1-17(27)21-9-6-10-22(15-21)25-23(28)19-11-13-20(14-12-19)24(29)26(2)16-18-7-4-3-5-8-18/h3-10,15,19-20H,11-14,16H2,1-2H3,(H,25,28). The minimum atomic E-state index is -0.0977. The van der Waals surface area contributed by atoms with Gasteiger partial charge in [0.05, 0.1) is 0 Å². The molecule has 0 saturated heterocycles. The van der Waals surface area contributed by atoms with E-state index in [0.717, 1.165) is 18.4 Å². The normalized spacial score (nSPS) is 18.7. The van der Waals surface area contributed by atoms with E-state index in [-0.39, 0.29) is 29.4 Å². The molecule has 2 amide bonds. The highest BCUT2D eigenvalue weighted by atomic mass is 16.2. The van der Waals surface area contributed by atoms with Gasteiger partial charge in [0.25, 0.3) is 0 Å². The first-order valence-corrected chi connectivity index (χ1v) is 10.1. The third kappa shape index (κ3) is 5.53. The Morgan fingerprint density at radius 1 is 0.931 bits per heavy atom. The van der Waals surface area contributed by atoms with Crippen molar-refractivity contribution in [3.05, 3.63) is 65.7 Å². The van der Waals surface area contributed by atoms with Crippen LogP contribution in [-0.4, -0.2) is 29.5 Å². The molecule has 1 N–H and O–H groups in total. The third-order valence-electron chi connectivity index (χ3n) is 5.62. The number of anilines is 1. The fourth-order valence-corrected chi connectivity index (χ4v) is 3.91. The SMILES string of the molecule is CC(=O)c1cccc(NC(=O)C2CCC(C(=O)N(C)Cc3ccccc3)CC2)c1. The molecule has 5 nitrogen and oxygen atoms in total. The lowest BCUT2D eigenvalue weighted by atomic mass is 9.81. The molecule has 0 aromatic heterocycles. The monoisotopic (exact) mass is 392 g/mol. The number of ketones is 1. The molecular weight excluding hydrogens is 364 g/mol. The van der Waals surface area contributed by atoms with Crippen LogP contribution in [0.25, 0.3) is 0 Å². The van der Waals surface area contributed by atoms with Crippen molar-refractivity contribution in [2.24, 2.45) is 11.8 Å². The second-order valence-electron chi connectivity index (χ2n) is 7.85. The van der Waals surface area contributed by atoms with E-state index in [4.69, 9.17) is 0 Å². The predicted octanol–water partition coefficient (Wildman–Crippen LogP) is 4.29. The zero-order valence-corrected chi connectivity index (χ0v) is 17.1. The molecule has 2 aromatic rings. The second-order valence-corrected chi connectivity index (χ2v) is 7.85. The van der Waals surface area contributed by atoms with Gasteiger partial charge >= 0.3 is 0 Å². The molecule has 0 aliphatic heterocycles. The Labute approximate surface area is 172 Å². The average Bonchev–Trinajstić information content (AvgIpc) is 2.74. The van der Waals surface area contributed by atoms with E-state index in [1.807, 2.05) is 37.4 Å². The van der Waals surface area contributed by atoms with E-state index >= 15 is 0 Å². The molecule has 0 unspecified atom stereocenters. The average molecular weight is 392 g/mol. The van der Waals surface area contributed by atoms with Crippen LogP contribution in [0.2, 0.25) is 0 Å². The molecule has 0 bridgehead atoms. The maximum absolute atomic E-state index is 12.8. The molecule has 1 aliphatic carbocycles. The van der Waals surface area contributed by atoms with Crippen LogP contribution < -0.4 is 5.32 Å². The Hall–Kier alpha value is -2.95. The summed E-state index contributed by atoms with van der Waals surface area (Å²) >= 11 is 0. The molecule has 152 valence electrons. The summed E-state index contributed by atoms with van der Waals surface area (Å²) in [5.74, 6) is -0.0240. The Morgan fingerprint density at radius 3 is 2.24 bits per heavy atom. The Morgan fingerprint density at radius 2 is 1.59 bits per heavy atom. The summed E-state index contributed by atoms with van der Waals surface area (Å²) in [6, 6.07) is 17.0. The number of benzene rings is 2. The number of carbonyl (C=O) groups excluding carboxylic acids is 3. The van der Waals surface area contributed by atoms with Crippen molar-refractivity contribution in [2.45, 2.75) is 39.2 Å². The Balaban J connectivity index is 1.50. The second kappa shape index (κ2) is 9.50. The Bertz CT molecular complexity index is 871. The van der Waals surface area contributed by atoms with E-state index in [1.165, 1.54) is 6.92 Å². The first kappa shape index (κ1) is 20.8. The quantitative estimate of drug-likeness (QED) is 0.746. The largest absolute Gasteiger partial charge is 0.341 e. The van der Waals surface area contributed by atoms with Crippen LogP contribution in [0.5, 0.6) is 0 Å². The van der Waals surface area contributed by atoms with Crippen molar-refractivity contribution in [3.8, 4) is 0 Å². The number of Topliss-reactive ketones (excluding diaryl/α,β-unsaturated/α-hetero) is 1. The van der Waals surface area contributed by atoms with Gasteiger partial charge in [-0.25, -0.2) is 0 Å². The summed E-state index contributed by atoms with van der Waals surface area (Å²) in [6.07, 6.45) is 2.86. The van der Waals surface area contributed by atoms with Crippen molar-refractivity contribution >= 4 is 23.3 Å². The first-order chi connectivity index (χ1) is 13.9. The smallest absolute Gasteiger partial charge is 0.227 e. The molecule has 0 heterocycles. The molecule has 0 spiro atoms. The van der Waals surface area contributed by atoms with Gasteiger partial charge in [0.1, 0.15) is 0 Å². The van der Waals surface area contributed by atoms with E-state index in [1.54, 1.807) is 29.2 Å². The van der Waals surface area contributed by atoms with Crippen molar-refractivity contribution in [2.75, 3.05) is 12.4 Å². The lowest BCUT2D eigenvalue weighted by Crippen LogP contribution is -2.36. The molecular formula is C24H28N2O3. The summed E-state index contributed by atoms with van der Waals surface area (Å²) in [5, 5.41) is 2.92. The van der Waals surface area contributed by atoms with Crippen LogP contribution >= 0.6 is 0 Å². The van der Waals surface area contributed by atoms with Gasteiger partial charge in [-0.3, -0.25) is 14.4 Å². The highest BCUT2D eigenvalue weighted by molar-refractivity contribution is 5.97. The minimum Gasteiger partial charge on any atom is -0.341 e. The number of nitrogens with zero attached hydrogens (tertiary/aromatic N) is 1. The van der Waals surface area contributed by atoms with Crippen LogP contribution in [0.1, 0.15) is 48.5 Å². The van der Waals surface area contributed by atoms with Crippen LogP contribution in [0.15, 0.2) is 54.6 Å². The number of hydrogen-bond acceptors (Lipinski definition) is 3. The van der Waals surface area contributed by atoms with Gasteiger partial charge in [0, 0.05) is 36.7 Å². The third-order valence-corrected chi connectivity index (χ3v) is 5.62. The summed E-state index contributed by atoms with van der Waals surface area (Å²) in [6.45, 7) is 2.11. The maximum Gasteiger partial charge on any atom is 0.227 e. The van der Waals surface area contributed by atoms with Gasteiger partial charge in [-0.1, -0.05) is 42.5 Å². The number of nitrogens with one attached hydrogen (secondary N) is 1. The van der Waals surface area contributed by atoms with Crippen molar-refractivity contribution < 1.29 is 14.4 Å². The molecule has 1 aliphatic rings. The zero-order chi connectivity index (χ0) is 20.8. The van der Waals surface area contributed by atoms with Crippen molar-refractivity contribution in [1.29, 1.82) is 0 Å². The highest BCUT2D eigenvalue weighted by Gasteiger charge is 2.31.